The molecule has 0 aliphatic rings. The Bertz CT molecular complexity index is 537. The molecule has 1 nitrogen and oxygen atoms in total. The Labute approximate surface area is 130 Å². The molecular weight excluding hydrogens is 401 g/mol. The zero-order valence-electron chi connectivity index (χ0n) is 10.2. The van der Waals surface area contributed by atoms with Gasteiger partial charge in [-0.05, 0) is 64.8 Å². The zero-order chi connectivity index (χ0) is 13.1. The zero-order valence-corrected chi connectivity index (χ0v) is 13.9. The summed E-state index contributed by atoms with van der Waals surface area (Å²) in [5.41, 5.74) is 10.1. The minimum atomic E-state index is 0.0537. The quantitative estimate of drug-likeness (QED) is 0.728. The lowest BCUT2D eigenvalue weighted by atomic mass is 9.98. The standard InChI is InChI=1S/C15H15BrIN/c1-10-3-2-4-13(15(10)17)14(18)9-11-5-7-12(16)8-6-11/h2-8,14H,9,18H2,1H3. The second kappa shape index (κ2) is 6.17. The van der Waals surface area contributed by atoms with Crippen LogP contribution in [-0.2, 0) is 6.42 Å². The largest absolute Gasteiger partial charge is 0.324 e. The topological polar surface area (TPSA) is 26.0 Å². The predicted octanol–water partition coefficient (Wildman–Crippen LogP) is 4.60. The van der Waals surface area contributed by atoms with Gasteiger partial charge in [-0.3, -0.25) is 0 Å². The van der Waals surface area contributed by atoms with Crippen molar-refractivity contribution in [2.24, 2.45) is 5.73 Å². The third-order valence-corrected chi connectivity index (χ3v) is 4.99. The van der Waals surface area contributed by atoms with E-state index in [-0.39, 0.29) is 6.04 Å². The molecule has 2 aromatic carbocycles. The molecule has 1 unspecified atom stereocenters. The summed E-state index contributed by atoms with van der Waals surface area (Å²) in [6, 6.07) is 14.7. The van der Waals surface area contributed by atoms with Crippen molar-refractivity contribution in [2.45, 2.75) is 19.4 Å². The molecule has 0 fully saturated rings. The monoisotopic (exact) mass is 415 g/mol. The third kappa shape index (κ3) is 3.33. The molecule has 0 heterocycles. The van der Waals surface area contributed by atoms with Crippen LogP contribution in [0.2, 0.25) is 0 Å². The Balaban J connectivity index is 2.19. The van der Waals surface area contributed by atoms with Gasteiger partial charge in [0.15, 0.2) is 0 Å². The van der Waals surface area contributed by atoms with Crippen molar-refractivity contribution in [3.8, 4) is 0 Å². The number of hydrogen-bond donors (Lipinski definition) is 1. The summed E-state index contributed by atoms with van der Waals surface area (Å²) in [4.78, 5) is 0. The minimum absolute atomic E-state index is 0.0537. The first kappa shape index (κ1) is 14.0. The maximum Gasteiger partial charge on any atom is 0.0346 e. The number of halogens is 2. The van der Waals surface area contributed by atoms with Gasteiger partial charge in [0, 0.05) is 14.1 Å². The molecule has 0 aromatic heterocycles. The molecule has 0 aliphatic heterocycles. The molecule has 0 aliphatic carbocycles. The van der Waals surface area contributed by atoms with Crippen molar-refractivity contribution < 1.29 is 0 Å². The average Bonchev–Trinajstić information content (AvgIpc) is 2.35. The second-order valence-electron chi connectivity index (χ2n) is 4.42. The van der Waals surface area contributed by atoms with E-state index in [0.717, 1.165) is 10.9 Å². The van der Waals surface area contributed by atoms with E-state index in [2.05, 4.69) is 87.9 Å². The molecule has 18 heavy (non-hydrogen) atoms. The van der Waals surface area contributed by atoms with E-state index in [0.29, 0.717) is 0 Å². The number of hydrogen-bond acceptors (Lipinski definition) is 1. The van der Waals surface area contributed by atoms with Crippen LogP contribution in [-0.4, -0.2) is 0 Å². The summed E-state index contributed by atoms with van der Waals surface area (Å²) in [6.45, 7) is 2.12. The van der Waals surface area contributed by atoms with Gasteiger partial charge in [-0.25, -0.2) is 0 Å². The molecule has 0 saturated heterocycles. The van der Waals surface area contributed by atoms with Gasteiger partial charge in [-0.2, -0.15) is 0 Å². The highest BCUT2D eigenvalue weighted by Crippen LogP contribution is 2.24. The van der Waals surface area contributed by atoms with Crippen LogP contribution in [0.3, 0.4) is 0 Å². The van der Waals surface area contributed by atoms with E-state index in [1.807, 2.05) is 0 Å². The highest BCUT2D eigenvalue weighted by Gasteiger charge is 2.11. The molecule has 0 radical (unpaired) electrons. The van der Waals surface area contributed by atoms with Crippen molar-refractivity contribution in [1.82, 2.24) is 0 Å². The normalized spacial score (nSPS) is 12.4. The first-order chi connectivity index (χ1) is 8.58. The molecule has 0 saturated carbocycles. The Morgan fingerprint density at radius 2 is 1.83 bits per heavy atom. The van der Waals surface area contributed by atoms with Crippen molar-refractivity contribution in [3.63, 3.8) is 0 Å². The van der Waals surface area contributed by atoms with Crippen molar-refractivity contribution >= 4 is 38.5 Å². The maximum atomic E-state index is 6.32. The third-order valence-electron chi connectivity index (χ3n) is 2.99. The van der Waals surface area contributed by atoms with Gasteiger partial charge in [0.25, 0.3) is 0 Å². The SMILES string of the molecule is Cc1cccc(C(N)Cc2ccc(Br)cc2)c1I. The number of benzene rings is 2. The fraction of sp³-hybridized carbons (Fsp3) is 0.200. The van der Waals surface area contributed by atoms with Gasteiger partial charge in [0.2, 0.25) is 0 Å². The van der Waals surface area contributed by atoms with Crippen LogP contribution < -0.4 is 5.73 Å². The molecule has 2 rings (SSSR count). The van der Waals surface area contributed by atoms with Crippen molar-refractivity contribution in [2.75, 3.05) is 0 Å². The van der Waals surface area contributed by atoms with E-state index >= 15 is 0 Å². The fourth-order valence-electron chi connectivity index (χ4n) is 1.94. The lowest BCUT2D eigenvalue weighted by molar-refractivity contribution is 0.717. The number of nitrogens with two attached hydrogens (primary N) is 1. The highest BCUT2D eigenvalue weighted by molar-refractivity contribution is 14.1. The average molecular weight is 416 g/mol. The molecule has 2 N–H and O–H groups in total. The molecule has 0 amide bonds. The summed E-state index contributed by atoms with van der Waals surface area (Å²) < 4.78 is 2.38. The van der Waals surface area contributed by atoms with Gasteiger partial charge < -0.3 is 5.73 Å². The van der Waals surface area contributed by atoms with Gasteiger partial charge in [-0.1, -0.05) is 46.3 Å². The van der Waals surface area contributed by atoms with Crippen LogP contribution in [0.25, 0.3) is 0 Å². The van der Waals surface area contributed by atoms with Gasteiger partial charge >= 0.3 is 0 Å². The van der Waals surface area contributed by atoms with E-state index in [4.69, 9.17) is 5.73 Å². The molecule has 2 aromatic rings. The van der Waals surface area contributed by atoms with Crippen LogP contribution in [0.4, 0.5) is 0 Å². The van der Waals surface area contributed by atoms with Crippen molar-refractivity contribution in [1.29, 1.82) is 0 Å². The first-order valence-electron chi connectivity index (χ1n) is 5.83. The molecular formula is C15H15BrIN. The lowest BCUT2D eigenvalue weighted by Crippen LogP contribution is -2.15. The van der Waals surface area contributed by atoms with Gasteiger partial charge in [0.1, 0.15) is 0 Å². The summed E-state index contributed by atoms with van der Waals surface area (Å²) >= 11 is 5.83. The minimum Gasteiger partial charge on any atom is -0.324 e. The summed E-state index contributed by atoms with van der Waals surface area (Å²) in [6.07, 6.45) is 0.868. The van der Waals surface area contributed by atoms with Crippen LogP contribution in [0.15, 0.2) is 46.9 Å². The van der Waals surface area contributed by atoms with Gasteiger partial charge in [-0.15, -0.1) is 0 Å². The molecule has 94 valence electrons. The number of aryl methyl sites for hydroxylation is 1. The van der Waals surface area contributed by atoms with E-state index in [1.165, 1.54) is 20.3 Å². The molecule has 1 atom stereocenters. The van der Waals surface area contributed by atoms with Crippen LogP contribution in [0.5, 0.6) is 0 Å². The van der Waals surface area contributed by atoms with Crippen molar-refractivity contribution in [3.05, 3.63) is 67.2 Å². The molecule has 3 heteroatoms. The Kier molecular flexibility index (Phi) is 4.81. The Hall–Kier alpha value is -0.390. The summed E-state index contributed by atoms with van der Waals surface area (Å²) in [5.74, 6) is 0. The smallest absolute Gasteiger partial charge is 0.0346 e. The summed E-state index contributed by atoms with van der Waals surface area (Å²) in [5, 5.41) is 0. The maximum absolute atomic E-state index is 6.32. The Morgan fingerprint density at radius 1 is 1.17 bits per heavy atom. The van der Waals surface area contributed by atoms with E-state index < -0.39 is 0 Å². The molecule has 0 bridgehead atoms. The highest BCUT2D eigenvalue weighted by atomic mass is 127. The first-order valence-corrected chi connectivity index (χ1v) is 7.70. The van der Waals surface area contributed by atoms with Crippen LogP contribution in [0, 0.1) is 10.5 Å². The van der Waals surface area contributed by atoms with Gasteiger partial charge in [0.05, 0.1) is 0 Å². The molecule has 0 spiro atoms. The predicted molar refractivity (Wildman–Crippen MR) is 88.7 cm³/mol. The fourth-order valence-corrected chi connectivity index (χ4v) is 2.96. The summed E-state index contributed by atoms with van der Waals surface area (Å²) in [7, 11) is 0. The second-order valence-corrected chi connectivity index (χ2v) is 6.41. The Morgan fingerprint density at radius 3 is 2.50 bits per heavy atom. The van der Waals surface area contributed by atoms with E-state index in [1.54, 1.807) is 0 Å². The lowest BCUT2D eigenvalue weighted by Gasteiger charge is -2.15. The van der Waals surface area contributed by atoms with Crippen LogP contribution >= 0.6 is 38.5 Å². The number of rotatable bonds is 3. The van der Waals surface area contributed by atoms with Crippen LogP contribution in [0.1, 0.15) is 22.7 Å². The van der Waals surface area contributed by atoms with E-state index in [9.17, 15) is 0 Å².